The lowest BCUT2D eigenvalue weighted by molar-refractivity contribution is -0.183. The van der Waals surface area contributed by atoms with Crippen LogP contribution in [0.15, 0.2) is 0 Å². The van der Waals surface area contributed by atoms with E-state index in [1.807, 2.05) is 13.8 Å². The second-order valence-corrected chi connectivity index (χ2v) is 2.73. The highest BCUT2D eigenvalue weighted by molar-refractivity contribution is 6.27. The fourth-order valence-corrected chi connectivity index (χ4v) is 0.866. The number of carbonyl (C=O) groups excluding carboxylic acids is 1. The smallest absolute Gasteiger partial charge is 0.261 e. The van der Waals surface area contributed by atoms with Gasteiger partial charge in [-0.25, -0.2) is 5.06 Å². The number of alkyl halides is 1. The largest absolute Gasteiger partial charge is 0.271 e. The molecule has 0 aliphatic heterocycles. The van der Waals surface area contributed by atoms with Gasteiger partial charge in [-0.05, 0) is 12.8 Å². The molecule has 0 heterocycles. The topological polar surface area (TPSA) is 29.5 Å². The molecule has 0 aromatic rings. The Morgan fingerprint density at radius 1 is 1.42 bits per heavy atom. The normalized spacial score (nSPS) is 9.92. The maximum Gasteiger partial charge on any atom is 0.261 e. The van der Waals surface area contributed by atoms with Gasteiger partial charge in [0, 0.05) is 6.54 Å². The van der Waals surface area contributed by atoms with Crippen LogP contribution in [0.4, 0.5) is 0 Å². The van der Waals surface area contributed by atoms with Crippen molar-refractivity contribution in [1.82, 2.24) is 5.06 Å². The van der Waals surface area contributed by atoms with E-state index in [0.717, 1.165) is 12.8 Å². The average molecular weight is 194 g/mol. The summed E-state index contributed by atoms with van der Waals surface area (Å²) in [6.07, 6.45) is 1.78. The lowest BCUT2D eigenvalue weighted by Crippen LogP contribution is -2.33. The summed E-state index contributed by atoms with van der Waals surface area (Å²) >= 11 is 5.39. The van der Waals surface area contributed by atoms with Crippen LogP contribution in [-0.2, 0) is 9.63 Å². The van der Waals surface area contributed by atoms with Crippen molar-refractivity contribution in [3.05, 3.63) is 0 Å². The minimum absolute atomic E-state index is 0.0102. The highest BCUT2D eigenvalue weighted by Crippen LogP contribution is 1.97. The minimum atomic E-state index is -0.160. The summed E-state index contributed by atoms with van der Waals surface area (Å²) in [4.78, 5) is 16.3. The van der Waals surface area contributed by atoms with Crippen LogP contribution in [-0.4, -0.2) is 30.0 Å². The standard InChI is InChI=1S/C8H16ClNO2/c1-3-5-10(8(11)7-9)12-6-4-2/h3-7H2,1-2H3. The predicted octanol–water partition coefficient (Wildman–Crippen LogP) is 1.81. The Kier molecular flexibility index (Phi) is 7.20. The zero-order valence-corrected chi connectivity index (χ0v) is 8.43. The van der Waals surface area contributed by atoms with Crippen LogP contribution >= 0.6 is 11.6 Å². The Morgan fingerprint density at radius 3 is 2.50 bits per heavy atom. The van der Waals surface area contributed by atoms with Gasteiger partial charge < -0.3 is 0 Å². The Morgan fingerprint density at radius 2 is 2.08 bits per heavy atom. The lowest BCUT2D eigenvalue weighted by atomic mass is 10.4. The molecule has 0 fully saturated rings. The van der Waals surface area contributed by atoms with E-state index < -0.39 is 0 Å². The van der Waals surface area contributed by atoms with Gasteiger partial charge in [-0.2, -0.15) is 0 Å². The highest BCUT2D eigenvalue weighted by atomic mass is 35.5. The highest BCUT2D eigenvalue weighted by Gasteiger charge is 2.10. The van der Waals surface area contributed by atoms with Crippen molar-refractivity contribution in [2.45, 2.75) is 26.7 Å². The predicted molar refractivity (Wildman–Crippen MR) is 49.0 cm³/mol. The van der Waals surface area contributed by atoms with Crippen molar-refractivity contribution in [2.24, 2.45) is 0 Å². The maximum absolute atomic E-state index is 11.1. The number of rotatable bonds is 6. The van der Waals surface area contributed by atoms with Crippen molar-refractivity contribution < 1.29 is 9.63 Å². The number of amides is 1. The number of hydrogen-bond donors (Lipinski definition) is 0. The first-order valence-corrected chi connectivity index (χ1v) is 4.78. The van der Waals surface area contributed by atoms with Crippen molar-refractivity contribution in [2.75, 3.05) is 19.0 Å². The lowest BCUT2D eigenvalue weighted by Gasteiger charge is -2.19. The zero-order valence-electron chi connectivity index (χ0n) is 7.68. The summed E-state index contributed by atoms with van der Waals surface area (Å²) in [6, 6.07) is 0. The summed E-state index contributed by atoms with van der Waals surface area (Å²) in [5, 5.41) is 1.34. The Balaban J connectivity index is 3.76. The van der Waals surface area contributed by atoms with Crippen LogP contribution in [0.2, 0.25) is 0 Å². The van der Waals surface area contributed by atoms with E-state index in [1.54, 1.807) is 0 Å². The Hall–Kier alpha value is -0.280. The van der Waals surface area contributed by atoms with Crippen LogP contribution in [0.25, 0.3) is 0 Å². The number of carbonyl (C=O) groups is 1. The van der Waals surface area contributed by atoms with Gasteiger partial charge in [-0.1, -0.05) is 13.8 Å². The van der Waals surface area contributed by atoms with Crippen LogP contribution < -0.4 is 0 Å². The molecule has 3 nitrogen and oxygen atoms in total. The monoisotopic (exact) mass is 193 g/mol. The van der Waals surface area contributed by atoms with Crippen molar-refractivity contribution in [3.63, 3.8) is 0 Å². The third-order valence-corrected chi connectivity index (χ3v) is 1.50. The van der Waals surface area contributed by atoms with E-state index in [0.29, 0.717) is 13.2 Å². The van der Waals surface area contributed by atoms with Gasteiger partial charge in [-0.3, -0.25) is 9.63 Å². The van der Waals surface area contributed by atoms with Crippen molar-refractivity contribution in [3.8, 4) is 0 Å². The molecule has 0 aromatic carbocycles. The summed E-state index contributed by atoms with van der Waals surface area (Å²) in [5.74, 6) is -0.170. The molecule has 4 heteroatoms. The molecule has 0 saturated heterocycles. The van der Waals surface area contributed by atoms with Crippen LogP contribution in [0, 0.1) is 0 Å². The molecule has 1 amide bonds. The molecule has 0 bridgehead atoms. The molecule has 0 unspecified atom stereocenters. The molecule has 72 valence electrons. The van der Waals surface area contributed by atoms with Gasteiger partial charge >= 0.3 is 0 Å². The summed E-state index contributed by atoms with van der Waals surface area (Å²) in [7, 11) is 0. The molecule has 0 saturated carbocycles. The summed E-state index contributed by atoms with van der Waals surface area (Å²) in [6.45, 7) is 5.17. The van der Waals surface area contributed by atoms with Gasteiger partial charge in [0.05, 0.1) is 6.61 Å². The van der Waals surface area contributed by atoms with Gasteiger partial charge in [0.25, 0.3) is 5.91 Å². The van der Waals surface area contributed by atoms with E-state index in [2.05, 4.69) is 0 Å². The van der Waals surface area contributed by atoms with E-state index in [-0.39, 0.29) is 11.8 Å². The van der Waals surface area contributed by atoms with E-state index >= 15 is 0 Å². The molecule has 0 rings (SSSR count). The third-order valence-electron chi connectivity index (χ3n) is 1.27. The fourth-order valence-electron chi connectivity index (χ4n) is 0.732. The van der Waals surface area contributed by atoms with Gasteiger partial charge in [0.1, 0.15) is 5.88 Å². The third kappa shape index (κ3) is 4.57. The average Bonchev–Trinajstić information content (AvgIpc) is 2.11. The number of halogens is 1. The van der Waals surface area contributed by atoms with E-state index in [9.17, 15) is 4.79 Å². The van der Waals surface area contributed by atoms with Crippen LogP contribution in [0.3, 0.4) is 0 Å². The molecule has 12 heavy (non-hydrogen) atoms. The number of hydroxylamine groups is 2. The second-order valence-electron chi connectivity index (χ2n) is 2.46. The first kappa shape index (κ1) is 11.7. The number of hydrogen-bond acceptors (Lipinski definition) is 2. The molecule has 0 aromatic heterocycles. The van der Waals surface area contributed by atoms with Gasteiger partial charge in [-0.15, -0.1) is 11.6 Å². The number of nitrogens with zero attached hydrogens (tertiary/aromatic N) is 1. The van der Waals surface area contributed by atoms with E-state index in [1.165, 1.54) is 5.06 Å². The van der Waals surface area contributed by atoms with Crippen molar-refractivity contribution >= 4 is 17.5 Å². The van der Waals surface area contributed by atoms with Crippen LogP contribution in [0.1, 0.15) is 26.7 Å². The molecule has 0 aliphatic carbocycles. The SMILES string of the molecule is CCCON(CCC)C(=O)CCl. The zero-order chi connectivity index (χ0) is 9.40. The molecule has 0 aliphatic rings. The summed E-state index contributed by atoms with van der Waals surface area (Å²) in [5.41, 5.74) is 0. The van der Waals surface area contributed by atoms with Gasteiger partial charge in [0.2, 0.25) is 0 Å². The molecule has 0 spiro atoms. The summed E-state index contributed by atoms with van der Waals surface area (Å²) < 4.78 is 0. The first-order valence-electron chi connectivity index (χ1n) is 4.25. The first-order chi connectivity index (χ1) is 5.76. The molecular weight excluding hydrogens is 178 g/mol. The fraction of sp³-hybridized carbons (Fsp3) is 0.875. The molecule has 0 N–H and O–H groups in total. The molecule has 0 atom stereocenters. The molecular formula is C8H16ClNO2. The van der Waals surface area contributed by atoms with Crippen LogP contribution in [0.5, 0.6) is 0 Å². The Bertz CT molecular complexity index is 130. The van der Waals surface area contributed by atoms with E-state index in [4.69, 9.17) is 16.4 Å². The second kappa shape index (κ2) is 7.37. The minimum Gasteiger partial charge on any atom is -0.271 e. The van der Waals surface area contributed by atoms with Crippen molar-refractivity contribution in [1.29, 1.82) is 0 Å². The van der Waals surface area contributed by atoms with Gasteiger partial charge in [0.15, 0.2) is 0 Å². The Labute approximate surface area is 78.6 Å². The maximum atomic E-state index is 11.1. The quantitative estimate of drug-likeness (QED) is 0.476. The molecule has 0 radical (unpaired) electrons.